The molecule has 1 saturated carbocycles. The smallest absolute Gasteiger partial charge is 0.225 e. The van der Waals surface area contributed by atoms with Crippen LogP contribution in [0.1, 0.15) is 25.7 Å². The SMILES string of the molecule is Fc1ccc(Nc2cc(-c3ccncc3)nc(NC3CCCC3)n2)cc1Cl. The lowest BCUT2D eigenvalue weighted by atomic mass is 10.2. The molecule has 1 aliphatic rings. The average Bonchev–Trinajstić information content (AvgIpc) is 3.18. The van der Waals surface area contributed by atoms with Gasteiger partial charge < -0.3 is 10.6 Å². The Bertz CT molecular complexity index is 929. The van der Waals surface area contributed by atoms with E-state index in [0.717, 1.165) is 24.1 Å². The number of rotatable bonds is 5. The van der Waals surface area contributed by atoms with Crippen LogP contribution in [-0.4, -0.2) is 21.0 Å². The number of halogens is 2. The van der Waals surface area contributed by atoms with E-state index < -0.39 is 5.82 Å². The van der Waals surface area contributed by atoms with Crippen molar-refractivity contribution in [3.8, 4) is 11.3 Å². The summed E-state index contributed by atoms with van der Waals surface area (Å²) in [7, 11) is 0. The second kappa shape index (κ2) is 7.88. The first-order chi connectivity index (χ1) is 13.2. The zero-order chi connectivity index (χ0) is 18.6. The summed E-state index contributed by atoms with van der Waals surface area (Å²) in [6.45, 7) is 0. The number of hydrogen-bond acceptors (Lipinski definition) is 5. The standard InChI is InChI=1S/C20H19ClFN5/c21-16-11-15(5-6-17(16)22)24-19-12-18(13-7-9-23-10-8-13)26-20(27-19)25-14-3-1-2-4-14/h5-12,14H,1-4H2,(H2,24,25,26,27). The predicted octanol–water partition coefficient (Wildman–Crippen LogP) is 5.43. The molecule has 27 heavy (non-hydrogen) atoms. The van der Waals surface area contributed by atoms with Crippen LogP contribution in [0.2, 0.25) is 5.02 Å². The first-order valence-electron chi connectivity index (χ1n) is 8.95. The van der Waals surface area contributed by atoms with Gasteiger partial charge in [-0.05, 0) is 43.2 Å². The Hall–Kier alpha value is -2.73. The van der Waals surface area contributed by atoms with Crippen LogP contribution in [0.15, 0.2) is 48.8 Å². The van der Waals surface area contributed by atoms with Gasteiger partial charge in [-0.1, -0.05) is 24.4 Å². The summed E-state index contributed by atoms with van der Waals surface area (Å²) in [5, 5.41) is 6.69. The number of anilines is 3. The van der Waals surface area contributed by atoms with E-state index in [1.54, 1.807) is 18.5 Å². The molecule has 0 aliphatic heterocycles. The Morgan fingerprint density at radius 1 is 1.00 bits per heavy atom. The Morgan fingerprint density at radius 2 is 1.78 bits per heavy atom. The van der Waals surface area contributed by atoms with Gasteiger partial charge in [0.05, 0.1) is 10.7 Å². The highest BCUT2D eigenvalue weighted by Crippen LogP contribution is 2.27. The predicted molar refractivity (Wildman–Crippen MR) is 106 cm³/mol. The molecule has 0 saturated heterocycles. The van der Waals surface area contributed by atoms with Gasteiger partial charge in [0.2, 0.25) is 5.95 Å². The number of benzene rings is 1. The van der Waals surface area contributed by atoms with Crippen molar-refractivity contribution in [2.45, 2.75) is 31.7 Å². The highest BCUT2D eigenvalue weighted by molar-refractivity contribution is 6.31. The summed E-state index contributed by atoms with van der Waals surface area (Å²) in [5.74, 6) is 0.734. The van der Waals surface area contributed by atoms with E-state index in [2.05, 4.69) is 25.6 Å². The summed E-state index contributed by atoms with van der Waals surface area (Å²) in [6.07, 6.45) is 8.16. The van der Waals surface area contributed by atoms with E-state index in [4.69, 9.17) is 11.6 Å². The summed E-state index contributed by atoms with van der Waals surface area (Å²) in [5.41, 5.74) is 2.39. The largest absolute Gasteiger partial charge is 0.351 e. The fourth-order valence-electron chi connectivity index (χ4n) is 3.22. The van der Waals surface area contributed by atoms with Crippen LogP contribution < -0.4 is 10.6 Å². The third kappa shape index (κ3) is 4.34. The van der Waals surface area contributed by atoms with Gasteiger partial charge >= 0.3 is 0 Å². The summed E-state index contributed by atoms with van der Waals surface area (Å²) < 4.78 is 13.4. The summed E-state index contributed by atoms with van der Waals surface area (Å²) in [4.78, 5) is 13.3. The lowest BCUT2D eigenvalue weighted by Gasteiger charge is -2.15. The molecule has 1 aliphatic carbocycles. The number of pyridine rings is 1. The van der Waals surface area contributed by atoms with Crippen LogP contribution in [0.5, 0.6) is 0 Å². The zero-order valence-electron chi connectivity index (χ0n) is 14.6. The molecule has 0 spiro atoms. The van der Waals surface area contributed by atoms with Gasteiger partial charge in [0.25, 0.3) is 0 Å². The number of nitrogens with zero attached hydrogens (tertiary/aromatic N) is 3. The Labute approximate surface area is 162 Å². The molecule has 1 aromatic carbocycles. The molecule has 0 bridgehead atoms. The summed E-state index contributed by atoms with van der Waals surface area (Å²) in [6, 6.07) is 10.5. The van der Waals surface area contributed by atoms with Gasteiger partial charge in [0.15, 0.2) is 0 Å². The molecule has 2 N–H and O–H groups in total. The number of hydrogen-bond donors (Lipinski definition) is 2. The minimum absolute atomic E-state index is 0.0627. The van der Waals surface area contributed by atoms with Gasteiger partial charge in [-0.2, -0.15) is 4.98 Å². The van der Waals surface area contributed by atoms with Crippen molar-refractivity contribution in [1.29, 1.82) is 0 Å². The van der Waals surface area contributed by atoms with E-state index in [1.165, 1.54) is 25.0 Å². The van der Waals surface area contributed by atoms with Crippen molar-refractivity contribution < 1.29 is 4.39 Å². The monoisotopic (exact) mass is 383 g/mol. The van der Waals surface area contributed by atoms with E-state index in [0.29, 0.717) is 23.5 Å². The topological polar surface area (TPSA) is 62.7 Å². The Morgan fingerprint density at radius 3 is 2.52 bits per heavy atom. The molecule has 7 heteroatoms. The molecular formula is C20H19ClFN5. The van der Waals surface area contributed by atoms with Crippen LogP contribution >= 0.6 is 11.6 Å². The zero-order valence-corrected chi connectivity index (χ0v) is 15.4. The van der Waals surface area contributed by atoms with Crippen LogP contribution in [0.25, 0.3) is 11.3 Å². The van der Waals surface area contributed by atoms with Gasteiger partial charge in [0.1, 0.15) is 11.6 Å². The maximum atomic E-state index is 13.4. The van der Waals surface area contributed by atoms with Crippen LogP contribution in [0.3, 0.4) is 0 Å². The van der Waals surface area contributed by atoms with Crippen molar-refractivity contribution in [3.63, 3.8) is 0 Å². The van der Waals surface area contributed by atoms with Crippen molar-refractivity contribution in [1.82, 2.24) is 15.0 Å². The third-order valence-corrected chi connectivity index (χ3v) is 4.87. The lowest BCUT2D eigenvalue weighted by molar-refractivity contribution is 0.628. The average molecular weight is 384 g/mol. The van der Waals surface area contributed by atoms with Crippen LogP contribution in [-0.2, 0) is 0 Å². The van der Waals surface area contributed by atoms with E-state index in [-0.39, 0.29) is 5.02 Å². The molecule has 4 rings (SSSR count). The van der Waals surface area contributed by atoms with Crippen LogP contribution in [0.4, 0.5) is 21.8 Å². The first-order valence-corrected chi connectivity index (χ1v) is 9.33. The van der Waals surface area contributed by atoms with E-state index in [9.17, 15) is 4.39 Å². The minimum atomic E-state index is -0.453. The maximum absolute atomic E-state index is 13.4. The molecular weight excluding hydrogens is 365 g/mol. The van der Waals surface area contributed by atoms with Gasteiger partial charge in [-0.15, -0.1) is 0 Å². The van der Waals surface area contributed by atoms with Gasteiger partial charge in [-0.3, -0.25) is 4.98 Å². The number of aromatic nitrogens is 3. The van der Waals surface area contributed by atoms with Crippen LogP contribution in [0, 0.1) is 5.82 Å². The molecule has 0 atom stereocenters. The highest BCUT2D eigenvalue weighted by atomic mass is 35.5. The lowest BCUT2D eigenvalue weighted by Crippen LogP contribution is -2.17. The Balaban J connectivity index is 1.67. The van der Waals surface area contributed by atoms with Crippen molar-refractivity contribution in [2.24, 2.45) is 0 Å². The molecule has 2 heterocycles. The maximum Gasteiger partial charge on any atom is 0.225 e. The van der Waals surface area contributed by atoms with Crippen molar-refractivity contribution in [2.75, 3.05) is 10.6 Å². The fourth-order valence-corrected chi connectivity index (χ4v) is 3.40. The van der Waals surface area contributed by atoms with Gasteiger partial charge in [0, 0.05) is 35.8 Å². The van der Waals surface area contributed by atoms with Crippen molar-refractivity contribution in [3.05, 3.63) is 59.6 Å². The normalized spacial score (nSPS) is 14.3. The minimum Gasteiger partial charge on any atom is -0.351 e. The van der Waals surface area contributed by atoms with Gasteiger partial charge in [-0.25, -0.2) is 9.37 Å². The molecule has 2 aromatic heterocycles. The highest BCUT2D eigenvalue weighted by Gasteiger charge is 2.17. The third-order valence-electron chi connectivity index (χ3n) is 4.58. The second-order valence-corrected chi connectivity index (χ2v) is 6.98. The molecule has 0 radical (unpaired) electrons. The molecule has 0 amide bonds. The second-order valence-electron chi connectivity index (χ2n) is 6.58. The molecule has 5 nitrogen and oxygen atoms in total. The number of nitrogens with one attached hydrogen (secondary N) is 2. The molecule has 3 aromatic rings. The first kappa shape index (κ1) is 17.7. The van der Waals surface area contributed by atoms with E-state index in [1.807, 2.05) is 18.2 Å². The summed E-state index contributed by atoms with van der Waals surface area (Å²) >= 11 is 5.88. The molecule has 0 unspecified atom stereocenters. The fraction of sp³-hybridized carbons (Fsp3) is 0.250. The van der Waals surface area contributed by atoms with E-state index >= 15 is 0 Å². The molecule has 138 valence electrons. The Kier molecular flexibility index (Phi) is 5.16. The quantitative estimate of drug-likeness (QED) is 0.615. The van der Waals surface area contributed by atoms with Crippen molar-refractivity contribution >= 4 is 29.1 Å². The molecule has 1 fully saturated rings.